The molecule has 1 aromatic carbocycles. The number of hydrogen-bond donors (Lipinski definition) is 1. The minimum Gasteiger partial charge on any atom is -0.493 e. The van der Waals surface area contributed by atoms with Crippen molar-refractivity contribution in [2.75, 3.05) is 20.8 Å². The SMILES string of the molecule is COc1cc(F)c(C(O)C2CCCO2)cc1OC. The second kappa shape index (κ2) is 5.54. The van der Waals surface area contributed by atoms with E-state index in [0.29, 0.717) is 18.1 Å². The van der Waals surface area contributed by atoms with Crippen LogP contribution in [0.15, 0.2) is 12.1 Å². The van der Waals surface area contributed by atoms with Crippen molar-refractivity contribution in [1.82, 2.24) is 0 Å². The van der Waals surface area contributed by atoms with Gasteiger partial charge in [0.15, 0.2) is 11.5 Å². The number of rotatable bonds is 4. The molecule has 0 spiro atoms. The lowest BCUT2D eigenvalue weighted by molar-refractivity contribution is -0.00439. The van der Waals surface area contributed by atoms with Crippen LogP contribution in [0.5, 0.6) is 11.5 Å². The molecule has 1 aliphatic heterocycles. The Labute approximate surface area is 105 Å². The van der Waals surface area contributed by atoms with Gasteiger partial charge in [-0.25, -0.2) is 4.39 Å². The minimum absolute atomic E-state index is 0.180. The smallest absolute Gasteiger partial charge is 0.163 e. The third kappa shape index (κ3) is 2.42. The third-order valence-electron chi connectivity index (χ3n) is 3.14. The Hall–Kier alpha value is -1.33. The van der Waals surface area contributed by atoms with Crippen molar-refractivity contribution >= 4 is 0 Å². The summed E-state index contributed by atoms with van der Waals surface area (Å²) in [5.41, 5.74) is 0.180. The first-order valence-electron chi connectivity index (χ1n) is 5.88. The van der Waals surface area contributed by atoms with E-state index in [-0.39, 0.29) is 11.7 Å². The van der Waals surface area contributed by atoms with Gasteiger partial charge in [0.1, 0.15) is 11.9 Å². The van der Waals surface area contributed by atoms with Crippen LogP contribution in [0.3, 0.4) is 0 Å². The zero-order valence-electron chi connectivity index (χ0n) is 10.5. The Morgan fingerprint density at radius 1 is 1.33 bits per heavy atom. The maximum absolute atomic E-state index is 13.9. The fourth-order valence-electron chi connectivity index (χ4n) is 2.15. The molecular formula is C13H17FO4. The summed E-state index contributed by atoms with van der Waals surface area (Å²) in [4.78, 5) is 0. The van der Waals surface area contributed by atoms with E-state index >= 15 is 0 Å². The second-order valence-corrected chi connectivity index (χ2v) is 4.23. The fourth-order valence-corrected chi connectivity index (χ4v) is 2.15. The summed E-state index contributed by atoms with van der Waals surface area (Å²) in [6.45, 7) is 0.608. The van der Waals surface area contributed by atoms with Gasteiger partial charge in [0, 0.05) is 18.2 Å². The van der Waals surface area contributed by atoms with Crippen LogP contribution < -0.4 is 9.47 Å². The summed E-state index contributed by atoms with van der Waals surface area (Å²) in [5, 5.41) is 10.1. The van der Waals surface area contributed by atoms with Crippen molar-refractivity contribution < 1.29 is 23.7 Å². The Morgan fingerprint density at radius 2 is 2.00 bits per heavy atom. The van der Waals surface area contributed by atoms with Crippen molar-refractivity contribution in [1.29, 1.82) is 0 Å². The van der Waals surface area contributed by atoms with Crippen molar-refractivity contribution in [2.24, 2.45) is 0 Å². The summed E-state index contributed by atoms with van der Waals surface area (Å²) in [7, 11) is 2.91. The van der Waals surface area contributed by atoms with Crippen LogP contribution in [0.2, 0.25) is 0 Å². The van der Waals surface area contributed by atoms with E-state index in [1.165, 1.54) is 26.4 Å². The van der Waals surface area contributed by atoms with Gasteiger partial charge >= 0.3 is 0 Å². The Balaban J connectivity index is 2.31. The zero-order valence-corrected chi connectivity index (χ0v) is 10.5. The summed E-state index contributed by atoms with van der Waals surface area (Å²) in [6.07, 6.45) is 0.288. The van der Waals surface area contributed by atoms with Crippen LogP contribution in [-0.2, 0) is 4.74 Å². The third-order valence-corrected chi connectivity index (χ3v) is 3.14. The molecule has 0 aliphatic carbocycles. The van der Waals surface area contributed by atoms with Crippen LogP contribution in [0.1, 0.15) is 24.5 Å². The Morgan fingerprint density at radius 3 is 2.56 bits per heavy atom. The Bertz CT molecular complexity index is 416. The highest BCUT2D eigenvalue weighted by Gasteiger charge is 2.28. The lowest BCUT2D eigenvalue weighted by Crippen LogP contribution is -2.18. The first-order chi connectivity index (χ1) is 8.67. The van der Waals surface area contributed by atoms with Crippen molar-refractivity contribution in [3.05, 3.63) is 23.5 Å². The minimum atomic E-state index is -0.979. The number of hydrogen-bond acceptors (Lipinski definition) is 4. The van der Waals surface area contributed by atoms with Crippen LogP contribution in [0.4, 0.5) is 4.39 Å². The van der Waals surface area contributed by atoms with E-state index in [2.05, 4.69) is 0 Å². The van der Waals surface area contributed by atoms with E-state index in [9.17, 15) is 9.50 Å². The summed E-state index contributed by atoms with van der Waals surface area (Å²) in [5.74, 6) is 0.180. The molecule has 2 unspecified atom stereocenters. The van der Waals surface area contributed by atoms with Gasteiger partial charge in [-0.3, -0.25) is 0 Å². The first kappa shape index (κ1) is 13.1. The average molecular weight is 256 g/mol. The molecule has 0 bridgehead atoms. The molecule has 5 heteroatoms. The summed E-state index contributed by atoms with van der Waals surface area (Å²) in [6, 6.07) is 2.67. The average Bonchev–Trinajstić information content (AvgIpc) is 2.91. The second-order valence-electron chi connectivity index (χ2n) is 4.23. The molecule has 1 aromatic rings. The van der Waals surface area contributed by atoms with Crippen LogP contribution in [-0.4, -0.2) is 32.0 Å². The number of aliphatic hydroxyl groups is 1. The van der Waals surface area contributed by atoms with E-state index < -0.39 is 11.9 Å². The van der Waals surface area contributed by atoms with Crippen LogP contribution in [0.25, 0.3) is 0 Å². The molecular weight excluding hydrogens is 239 g/mol. The molecule has 18 heavy (non-hydrogen) atoms. The van der Waals surface area contributed by atoms with E-state index in [1.54, 1.807) is 0 Å². The lowest BCUT2D eigenvalue weighted by atomic mass is 10.0. The molecule has 0 saturated carbocycles. The molecule has 0 aromatic heterocycles. The summed E-state index contributed by atoms with van der Waals surface area (Å²) >= 11 is 0. The predicted octanol–water partition coefficient (Wildman–Crippen LogP) is 2.06. The molecule has 2 atom stereocenters. The van der Waals surface area contributed by atoms with Crippen molar-refractivity contribution in [3.63, 3.8) is 0 Å². The molecule has 1 heterocycles. The molecule has 0 radical (unpaired) electrons. The van der Waals surface area contributed by atoms with Gasteiger partial charge < -0.3 is 19.3 Å². The fraction of sp³-hybridized carbons (Fsp3) is 0.538. The van der Waals surface area contributed by atoms with Crippen LogP contribution in [0, 0.1) is 5.82 Å². The molecule has 0 amide bonds. The van der Waals surface area contributed by atoms with Gasteiger partial charge in [0.2, 0.25) is 0 Å². The zero-order chi connectivity index (χ0) is 13.1. The first-order valence-corrected chi connectivity index (χ1v) is 5.88. The van der Waals surface area contributed by atoms with E-state index in [4.69, 9.17) is 14.2 Å². The number of ether oxygens (including phenoxy) is 3. The molecule has 1 saturated heterocycles. The molecule has 100 valence electrons. The van der Waals surface area contributed by atoms with Gasteiger partial charge in [-0.2, -0.15) is 0 Å². The standard InChI is InChI=1S/C13H17FO4/c1-16-11-6-8(9(14)7-12(11)17-2)13(15)10-4-3-5-18-10/h6-7,10,13,15H,3-5H2,1-2H3. The van der Waals surface area contributed by atoms with Gasteiger partial charge in [0.05, 0.1) is 20.3 Å². The summed E-state index contributed by atoms with van der Waals surface area (Å²) < 4.78 is 29.4. The molecule has 1 N–H and O–H groups in total. The number of methoxy groups -OCH3 is 2. The number of halogens is 1. The maximum atomic E-state index is 13.9. The van der Waals surface area contributed by atoms with Gasteiger partial charge in [0.25, 0.3) is 0 Å². The predicted molar refractivity (Wildman–Crippen MR) is 63.4 cm³/mol. The highest BCUT2D eigenvalue weighted by atomic mass is 19.1. The maximum Gasteiger partial charge on any atom is 0.163 e. The number of benzene rings is 1. The van der Waals surface area contributed by atoms with Gasteiger partial charge in [-0.15, -0.1) is 0 Å². The highest BCUT2D eigenvalue weighted by Crippen LogP contribution is 2.35. The quantitative estimate of drug-likeness (QED) is 0.895. The number of aliphatic hydroxyl groups excluding tert-OH is 1. The monoisotopic (exact) mass is 256 g/mol. The van der Waals surface area contributed by atoms with Gasteiger partial charge in [-0.05, 0) is 18.9 Å². The van der Waals surface area contributed by atoms with Crippen molar-refractivity contribution in [2.45, 2.75) is 25.0 Å². The molecule has 1 fully saturated rings. The van der Waals surface area contributed by atoms with E-state index in [0.717, 1.165) is 12.8 Å². The molecule has 4 nitrogen and oxygen atoms in total. The highest BCUT2D eigenvalue weighted by molar-refractivity contribution is 5.44. The topological polar surface area (TPSA) is 47.9 Å². The normalized spacial score (nSPS) is 20.8. The van der Waals surface area contributed by atoms with Crippen LogP contribution >= 0.6 is 0 Å². The lowest BCUT2D eigenvalue weighted by Gasteiger charge is -2.19. The molecule has 2 rings (SSSR count). The molecule has 1 aliphatic rings. The van der Waals surface area contributed by atoms with E-state index in [1.807, 2.05) is 0 Å². The van der Waals surface area contributed by atoms with Crippen molar-refractivity contribution in [3.8, 4) is 11.5 Å². The largest absolute Gasteiger partial charge is 0.493 e. The van der Waals surface area contributed by atoms with Gasteiger partial charge in [-0.1, -0.05) is 0 Å². The Kier molecular flexibility index (Phi) is 4.04.